The number of aromatic nitrogens is 1. The largest absolute Gasteiger partial charge is 0.493 e. The van der Waals surface area contributed by atoms with Crippen molar-refractivity contribution in [2.24, 2.45) is 5.73 Å². The molecule has 24 heavy (non-hydrogen) atoms. The van der Waals surface area contributed by atoms with Crippen molar-refractivity contribution in [1.29, 1.82) is 0 Å². The number of rotatable bonds is 7. The second-order valence-corrected chi connectivity index (χ2v) is 5.17. The molecular weight excluding hydrogens is 314 g/mol. The molecule has 2 unspecified atom stereocenters. The predicted molar refractivity (Wildman–Crippen MR) is 85.8 cm³/mol. The summed E-state index contributed by atoms with van der Waals surface area (Å²) in [4.78, 5) is 16.2. The standard InChI is InChI=1S/C16H21N3O5/c1-9(20)13(17)16-19-11(8-24-16)15(21)18-7-10-5-4-6-12(22-2)14(10)23-3/h4-6,8-9,13,20H,7,17H2,1-3H3,(H,18,21). The lowest BCUT2D eigenvalue weighted by molar-refractivity contribution is 0.0945. The average Bonchev–Trinajstić information content (AvgIpc) is 3.08. The highest BCUT2D eigenvalue weighted by atomic mass is 16.5. The number of aliphatic hydroxyl groups is 1. The van der Waals surface area contributed by atoms with E-state index in [1.807, 2.05) is 6.07 Å². The normalized spacial score (nSPS) is 13.2. The fourth-order valence-electron chi connectivity index (χ4n) is 2.11. The molecule has 4 N–H and O–H groups in total. The Balaban J connectivity index is 2.06. The molecule has 8 heteroatoms. The molecule has 2 rings (SSSR count). The molecule has 0 saturated carbocycles. The Kier molecular flexibility index (Phi) is 5.78. The molecule has 0 aliphatic carbocycles. The molecule has 1 aromatic carbocycles. The smallest absolute Gasteiger partial charge is 0.273 e. The number of aliphatic hydroxyl groups excluding tert-OH is 1. The first-order valence-electron chi connectivity index (χ1n) is 7.35. The maximum Gasteiger partial charge on any atom is 0.273 e. The highest BCUT2D eigenvalue weighted by Gasteiger charge is 2.20. The van der Waals surface area contributed by atoms with E-state index in [4.69, 9.17) is 19.6 Å². The van der Waals surface area contributed by atoms with Gasteiger partial charge in [-0.2, -0.15) is 0 Å². The summed E-state index contributed by atoms with van der Waals surface area (Å²) in [7, 11) is 3.08. The molecule has 1 aromatic heterocycles. The number of oxazole rings is 1. The zero-order valence-electron chi connectivity index (χ0n) is 13.8. The zero-order valence-corrected chi connectivity index (χ0v) is 13.8. The minimum atomic E-state index is -0.833. The van der Waals surface area contributed by atoms with E-state index in [9.17, 15) is 9.90 Å². The third kappa shape index (κ3) is 3.84. The van der Waals surface area contributed by atoms with E-state index in [0.29, 0.717) is 11.5 Å². The van der Waals surface area contributed by atoms with Crippen molar-refractivity contribution < 1.29 is 23.8 Å². The van der Waals surface area contributed by atoms with Crippen LogP contribution in [-0.4, -0.2) is 36.3 Å². The summed E-state index contributed by atoms with van der Waals surface area (Å²) in [5.41, 5.74) is 6.56. The van der Waals surface area contributed by atoms with Crippen LogP contribution in [0, 0.1) is 0 Å². The quantitative estimate of drug-likeness (QED) is 0.690. The lowest BCUT2D eigenvalue weighted by atomic mass is 10.2. The van der Waals surface area contributed by atoms with Gasteiger partial charge in [-0.1, -0.05) is 12.1 Å². The van der Waals surface area contributed by atoms with Crippen LogP contribution in [0.2, 0.25) is 0 Å². The number of methoxy groups -OCH3 is 2. The fraction of sp³-hybridized carbons (Fsp3) is 0.375. The Morgan fingerprint density at radius 3 is 2.79 bits per heavy atom. The Bertz CT molecular complexity index is 699. The second-order valence-electron chi connectivity index (χ2n) is 5.17. The number of hydrogen-bond donors (Lipinski definition) is 3. The molecule has 0 aliphatic heterocycles. The van der Waals surface area contributed by atoms with Crippen molar-refractivity contribution in [3.8, 4) is 11.5 Å². The van der Waals surface area contributed by atoms with Gasteiger partial charge in [0.2, 0.25) is 5.89 Å². The lowest BCUT2D eigenvalue weighted by Crippen LogP contribution is -2.25. The van der Waals surface area contributed by atoms with E-state index in [1.54, 1.807) is 19.2 Å². The highest BCUT2D eigenvalue weighted by Crippen LogP contribution is 2.30. The van der Waals surface area contributed by atoms with Gasteiger partial charge in [-0.05, 0) is 13.0 Å². The van der Waals surface area contributed by atoms with Crippen LogP contribution in [-0.2, 0) is 6.54 Å². The summed E-state index contributed by atoms with van der Waals surface area (Å²) in [6.45, 7) is 1.74. The fourth-order valence-corrected chi connectivity index (χ4v) is 2.11. The van der Waals surface area contributed by atoms with Crippen molar-refractivity contribution in [1.82, 2.24) is 10.3 Å². The molecule has 0 saturated heterocycles. The molecule has 8 nitrogen and oxygen atoms in total. The zero-order chi connectivity index (χ0) is 17.7. The van der Waals surface area contributed by atoms with Gasteiger partial charge in [-0.15, -0.1) is 0 Å². The molecule has 0 radical (unpaired) electrons. The lowest BCUT2D eigenvalue weighted by Gasteiger charge is -2.12. The van der Waals surface area contributed by atoms with Gasteiger partial charge in [0.05, 0.1) is 20.3 Å². The monoisotopic (exact) mass is 335 g/mol. The van der Waals surface area contributed by atoms with Gasteiger partial charge >= 0.3 is 0 Å². The minimum Gasteiger partial charge on any atom is -0.493 e. The maximum absolute atomic E-state index is 12.2. The van der Waals surface area contributed by atoms with Gasteiger partial charge in [0.25, 0.3) is 5.91 Å². The van der Waals surface area contributed by atoms with Crippen LogP contribution in [0.1, 0.15) is 34.9 Å². The topological polar surface area (TPSA) is 120 Å². The van der Waals surface area contributed by atoms with Crippen molar-refractivity contribution in [2.45, 2.75) is 25.6 Å². The van der Waals surface area contributed by atoms with E-state index in [0.717, 1.165) is 5.56 Å². The van der Waals surface area contributed by atoms with Crippen LogP contribution in [0.4, 0.5) is 0 Å². The number of para-hydroxylation sites is 1. The van der Waals surface area contributed by atoms with Crippen LogP contribution < -0.4 is 20.5 Å². The maximum atomic E-state index is 12.2. The summed E-state index contributed by atoms with van der Waals surface area (Å²) in [6.07, 6.45) is 0.371. The van der Waals surface area contributed by atoms with Crippen molar-refractivity contribution >= 4 is 5.91 Å². The third-order valence-corrected chi connectivity index (χ3v) is 3.48. The predicted octanol–water partition coefficient (Wildman–Crippen LogP) is 1.00. The van der Waals surface area contributed by atoms with Crippen molar-refractivity contribution in [2.75, 3.05) is 14.2 Å². The second kappa shape index (κ2) is 7.80. The Morgan fingerprint density at radius 1 is 1.42 bits per heavy atom. The first-order valence-corrected chi connectivity index (χ1v) is 7.35. The number of nitrogens with two attached hydrogens (primary N) is 1. The number of nitrogens with zero attached hydrogens (tertiary/aromatic N) is 1. The van der Waals surface area contributed by atoms with Gasteiger partial charge in [0, 0.05) is 12.1 Å². The molecular formula is C16H21N3O5. The molecule has 0 fully saturated rings. The van der Waals surface area contributed by atoms with E-state index in [1.165, 1.54) is 20.3 Å². The van der Waals surface area contributed by atoms with Crippen molar-refractivity contribution in [3.63, 3.8) is 0 Å². The number of ether oxygens (including phenoxy) is 2. The van der Waals surface area contributed by atoms with E-state index < -0.39 is 18.1 Å². The summed E-state index contributed by atoms with van der Waals surface area (Å²) in [6, 6.07) is 4.61. The van der Waals surface area contributed by atoms with E-state index >= 15 is 0 Å². The summed E-state index contributed by atoms with van der Waals surface area (Å²) < 4.78 is 15.7. The summed E-state index contributed by atoms with van der Waals surface area (Å²) in [5, 5.41) is 12.2. The third-order valence-electron chi connectivity index (χ3n) is 3.48. The van der Waals surface area contributed by atoms with Crippen LogP contribution >= 0.6 is 0 Å². The number of carbonyl (C=O) groups excluding carboxylic acids is 1. The summed E-state index contributed by atoms with van der Waals surface area (Å²) in [5.74, 6) is 0.815. The minimum absolute atomic E-state index is 0.0861. The highest BCUT2D eigenvalue weighted by molar-refractivity contribution is 5.91. The number of amides is 1. The Hall–Kier alpha value is -2.58. The molecule has 1 heterocycles. The number of nitrogens with one attached hydrogen (secondary N) is 1. The molecule has 2 aromatic rings. The van der Waals surface area contributed by atoms with Gasteiger partial charge in [0.1, 0.15) is 12.3 Å². The molecule has 0 bridgehead atoms. The summed E-state index contributed by atoms with van der Waals surface area (Å²) >= 11 is 0. The molecule has 0 aliphatic rings. The van der Waals surface area contributed by atoms with E-state index in [-0.39, 0.29) is 18.1 Å². The van der Waals surface area contributed by atoms with Crippen LogP contribution in [0.15, 0.2) is 28.9 Å². The molecule has 2 atom stereocenters. The van der Waals surface area contributed by atoms with Crippen LogP contribution in [0.25, 0.3) is 0 Å². The Morgan fingerprint density at radius 2 is 2.17 bits per heavy atom. The first kappa shape index (κ1) is 17.8. The van der Waals surface area contributed by atoms with Crippen LogP contribution in [0.3, 0.4) is 0 Å². The number of benzene rings is 1. The molecule has 0 spiro atoms. The van der Waals surface area contributed by atoms with Gasteiger partial charge in [-0.3, -0.25) is 4.79 Å². The number of carbonyl (C=O) groups is 1. The van der Waals surface area contributed by atoms with Gasteiger partial charge in [0.15, 0.2) is 17.2 Å². The first-order chi connectivity index (χ1) is 11.5. The van der Waals surface area contributed by atoms with Crippen molar-refractivity contribution in [3.05, 3.63) is 41.6 Å². The average molecular weight is 335 g/mol. The molecule has 130 valence electrons. The van der Waals surface area contributed by atoms with Gasteiger partial charge in [-0.25, -0.2) is 4.98 Å². The SMILES string of the molecule is COc1cccc(CNC(=O)c2coc(C(N)C(C)O)n2)c1OC. The van der Waals surface area contributed by atoms with Gasteiger partial charge < -0.3 is 30.0 Å². The Labute approximate surface area is 139 Å². The molecule has 1 amide bonds. The van der Waals surface area contributed by atoms with Crippen LogP contribution in [0.5, 0.6) is 11.5 Å². The number of hydrogen-bond acceptors (Lipinski definition) is 7. The van der Waals surface area contributed by atoms with E-state index in [2.05, 4.69) is 10.3 Å².